The first-order chi connectivity index (χ1) is 12.1. The number of carboxylic acids is 1. The van der Waals surface area contributed by atoms with Gasteiger partial charge in [-0.1, -0.05) is 17.3 Å². The van der Waals surface area contributed by atoms with Crippen LogP contribution in [-0.2, 0) is 4.79 Å². The van der Waals surface area contributed by atoms with Crippen LogP contribution in [0, 0.1) is 0 Å². The molecule has 1 aliphatic heterocycles. The summed E-state index contributed by atoms with van der Waals surface area (Å²) in [5, 5.41) is 13.4. The molecule has 0 spiro atoms. The van der Waals surface area contributed by atoms with Gasteiger partial charge in [0.2, 0.25) is 11.7 Å². The average Bonchev–Trinajstić information content (AvgIpc) is 3.38. The number of aromatic nitrogens is 2. The Bertz CT molecular complexity index is 812. The lowest BCUT2D eigenvalue weighted by molar-refractivity contribution is -0.143. The van der Waals surface area contributed by atoms with Crippen molar-refractivity contribution in [1.82, 2.24) is 15.0 Å². The van der Waals surface area contributed by atoms with E-state index in [9.17, 15) is 14.7 Å². The molecule has 4 rings (SSSR count). The van der Waals surface area contributed by atoms with Gasteiger partial charge in [0.15, 0.2) is 0 Å². The minimum atomic E-state index is -0.948. The van der Waals surface area contributed by atoms with Crippen LogP contribution < -0.4 is 0 Å². The van der Waals surface area contributed by atoms with Crippen LogP contribution in [0.25, 0.3) is 11.4 Å². The summed E-state index contributed by atoms with van der Waals surface area (Å²) in [6.07, 6.45) is 4.30. The van der Waals surface area contributed by atoms with E-state index in [2.05, 4.69) is 10.1 Å². The Morgan fingerprint density at radius 2 is 2.04 bits per heavy atom. The zero-order valence-corrected chi connectivity index (χ0v) is 13.7. The normalized spacial score (nSPS) is 20.5. The number of piperidine rings is 1. The molecule has 2 fully saturated rings. The molecule has 130 valence electrons. The highest BCUT2D eigenvalue weighted by Gasteiger charge is 2.33. The van der Waals surface area contributed by atoms with E-state index >= 15 is 0 Å². The summed E-state index contributed by atoms with van der Waals surface area (Å²) >= 11 is 0. The SMILES string of the molecule is O=C(O)C1CCCCN1C(=O)c1cccc(-c2noc(C3CC3)n2)c1. The number of hydrogen-bond acceptors (Lipinski definition) is 5. The first-order valence-corrected chi connectivity index (χ1v) is 8.61. The van der Waals surface area contributed by atoms with Gasteiger partial charge in [0.1, 0.15) is 6.04 Å². The Balaban J connectivity index is 1.59. The third-order valence-corrected chi connectivity index (χ3v) is 4.78. The van der Waals surface area contributed by atoms with Crippen LogP contribution in [0.2, 0.25) is 0 Å². The number of hydrogen-bond donors (Lipinski definition) is 1. The first kappa shape index (κ1) is 15.8. The summed E-state index contributed by atoms with van der Waals surface area (Å²) in [4.78, 5) is 30.1. The maximum Gasteiger partial charge on any atom is 0.326 e. The summed E-state index contributed by atoms with van der Waals surface area (Å²) in [6.45, 7) is 0.466. The fourth-order valence-corrected chi connectivity index (χ4v) is 3.24. The number of rotatable bonds is 4. The van der Waals surface area contributed by atoms with Gasteiger partial charge in [-0.2, -0.15) is 4.98 Å². The van der Waals surface area contributed by atoms with Crippen molar-refractivity contribution in [2.75, 3.05) is 6.54 Å². The van der Waals surface area contributed by atoms with E-state index in [1.165, 1.54) is 4.90 Å². The van der Waals surface area contributed by atoms with Crippen molar-refractivity contribution in [1.29, 1.82) is 0 Å². The number of nitrogens with zero attached hydrogens (tertiary/aromatic N) is 3. The molecule has 1 aromatic heterocycles. The molecule has 0 bridgehead atoms. The van der Waals surface area contributed by atoms with Crippen molar-refractivity contribution >= 4 is 11.9 Å². The Morgan fingerprint density at radius 1 is 1.20 bits per heavy atom. The molecule has 2 heterocycles. The van der Waals surface area contributed by atoms with Gasteiger partial charge in [0.05, 0.1) is 0 Å². The van der Waals surface area contributed by atoms with Crippen molar-refractivity contribution in [2.24, 2.45) is 0 Å². The molecule has 1 amide bonds. The molecule has 1 atom stereocenters. The van der Waals surface area contributed by atoms with Crippen LogP contribution in [-0.4, -0.2) is 44.6 Å². The number of carbonyl (C=O) groups excluding carboxylic acids is 1. The van der Waals surface area contributed by atoms with Crippen molar-refractivity contribution in [3.8, 4) is 11.4 Å². The number of carbonyl (C=O) groups is 2. The van der Waals surface area contributed by atoms with E-state index in [1.54, 1.807) is 18.2 Å². The average molecular weight is 341 g/mol. The molecule has 2 aromatic rings. The lowest BCUT2D eigenvalue weighted by Crippen LogP contribution is -2.47. The van der Waals surface area contributed by atoms with E-state index in [-0.39, 0.29) is 5.91 Å². The largest absolute Gasteiger partial charge is 0.480 e. The fraction of sp³-hybridized carbons (Fsp3) is 0.444. The van der Waals surface area contributed by atoms with Crippen molar-refractivity contribution in [2.45, 2.75) is 44.1 Å². The van der Waals surface area contributed by atoms with Gasteiger partial charge >= 0.3 is 5.97 Å². The Kier molecular flexibility index (Phi) is 3.99. The van der Waals surface area contributed by atoms with Crippen LogP contribution in [0.1, 0.15) is 54.3 Å². The van der Waals surface area contributed by atoms with E-state index in [4.69, 9.17) is 4.52 Å². The van der Waals surface area contributed by atoms with Gasteiger partial charge in [0, 0.05) is 23.6 Å². The van der Waals surface area contributed by atoms with Crippen LogP contribution in [0.5, 0.6) is 0 Å². The standard InChI is InChI=1S/C18H19N3O4/c22-17(21-9-2-1-6-14(21)18(23)24)13-5-3-4-12(10-13)15-19-16(25-20-15)11-7-8-11/h3-5,10-11,14H,1-2,6-9H2,(H,23,24). The maximum atomic E-state index is 12.8. The van der Waals surface area contributed by atoms with Gasteiger partial charge in [-0.25, -0.2) is 4.79 Å². The van der Waals surface area contributed by atoms with Gasteiger partial charge < -0.3 is 14.5 Å². The molecular formula is C18H19N3O4. The Hall–Kier alpha value is -2.70. The molecular weight excluding hydrogens is 322 g/mol. The zero-order chi connectivity index (χ0) is 17.4. The van der Waals surface area contributed by atoms with E-state index in [1.807, 2.05) is 6.07 Å². The summed E-state index contributed by atoms with van der Waals surface area (Å²) < 4.78 is 5.27. The van der Waals surface area contributed by atoms with Gasteiger partial charge in [-0.3, -0.25) is 4.79 Å². The Morgan fingerprint density at radius 3 is 2.80 bits per heavy atom. The van der Waals surface area contributed by atoms with E-state index in [0.29, 0.717) is 41.7 Å². The minimum absolute atomic E-state index is 0.264. The second kappa shape index (κ2) is 6.31. The highest BCUT2D eigenvalue weighted by atomic mass is 16.5. The molecule has 7 nitrogen and oxygen atoms in total. The lowest BCUT2D eigenvalue weighted by atomic mass is 10.0. The Labute approximate surface area is 144 Å². The number of amides is 1. The van der Waals surface area contributed by atoms with Crippen LogP contribution in [0.3, 0.4) is 0 Å². The number of carboxylic acid groups (broad SMARTS) is 1. The van der Waals surface area contributed by atoms with Gasteiger partial charge in [-0.05, 0) is 44.2 Å². The van der Waals surface area contributed by atoms with Gasteiger partial charge in [-0.15, -0.1) is 0 Å². The molecule has 0 radical (unpaired) electrons. The lowest BCUT2D eigenvalue weighted by Gasteiger charge is -2.33. The summed E-state index contributed by atoms with van der Waals surface area (Å²) in [7, 11) is 0. The van der Waals surface area contributed by atoms with Crippen molar-refractivity contribution < 1.29 is 19.2 Å². The predicted molar refractivity (Wildman–Crippen MR) is 88.0 cm³/mol. The molecule has 1 saturated heterocycles. The summed E-state index contributed by atoms with van der Waals surface area (Å²) in [5.74, 6) is 0.269. The molecule has 1 N–H and O–H groups in total. The zero-order valence-electron chi connectivity index (χ0n) is 13.7. The van der Waals surface area contributed by atoms with Crippen LogP contribution >= 0.6 is 0 Å². The van der Waals surface area contributed by atoms with E-state index in [0.717, 1.165) is 25.7 Å². The maximum absolute atomic E-state index is 12.8. The third kappa shape index (κ3) is 3.14. The van der Waals surface area contributed by atoms with E-state index < -0.39 is 12.0 Å². The van der Waals surface area contributed by atoms with Crippen LogP contribution in [0.15, 0.2) is 28.8 Å². The first-order valence-electron chi connectivity index (χ1n) is 8.61. The summed E-state index contributed by atoms with van der Waals surface area (Å²) in [5.41, 5.74) is 1.15. The van der Waals surface area contributed by atoms with Crippen molar-refractivity contribution in [3.63, 3.8) is 0 Å². The van der Waals surface area contributed by atoms with Gasteiger partial charge in [0.25, 0.3) is 5.91 Å². The third-order valence-electron chi connectivity index (χ3n) is 4.78. The monoisotopic (exact) mass is 341 g/mol. The second-order valence-corrected chi connectivity index (χ2v) is 6.66. The molecule has 25 heavy (non-hydrogen) atoms. The molecule has 1 saturated carbocycles. The second-order valence-electron chi connectivity index (χ2n) is 6.66. The molecule has 1 unspecified atom stereocenters. The number of aliphatic carboxylic acids is 1. The quantitative estimate of drug-likeness (QED) is 0.918. The predicted octanol–water partition coefficient (Wildman–Crippen LogP) is 2.69. The topological polar surface area (TPSA) is 96.5 Å². The highest BCUT2D eigenvalue weighted by molar-refractivity contribution is 5.97. The number of benzene rings is 1. The molecule has 1 aliphatic carbocycles. The molecule has 7 heteroatoms. The smallest absolute Gasteiger partial charge is 0.326 e. The number of likely N-dealkylation sites (tertiary alicyclic amines) is 1. The highest BCUT2D eigenvalue weighted by Crippen LogP contribution is 2.39. The minimum Gasteiger partial charge on any atom is -0.480 e. The summed E-state index contributed by atoms with van der Waals surface area (Å²) in [6, 6.07) is 6.23. The molecule has 1 aromatic carbocycles. The fourth-order valence-electron chi connectivity index (χ4n) is 3.24. The van der Waals surface area contributed by atoms with Crippen LogP contribution in [0.4, 0.5) is 0 Å². The molecule has 2 aliphatic rings. The van der Waals surface area contributed by atoms with Crippen molar-refractivity contribution in [3.05, 3.63) is 35.7 Å².